The predicted octanol–water partition coefficient (Wildman–Crippen LogP) is -0.799. The molecule has 0 fully saturated rings. The number of rotatable bonds is 3. The second-order valence-electron chi connectivity index (χ2n) is 2.94. The molecular formula is C8H12N4O2. The van der Waals surface area contributed by atoms with Crippen molar-refractivity contribution in [1.82, 2.24) is 10.3 Å². The SMILES string of the molecule is C[C@@H](NC(=O)c1cc(N)c[nH]1)C(N)=O. The minimum absolute atomic E-state index is 0.301. The van der Waals surface area contributed by atoms with Crippen molar-refractivity contribution in [2.45, 2.75) is 13.0 Å². The van der Waals surface area contributed by atoms with Crippen molar-refractivity contribution in [3.63, 3.8) is 0 Å². The maximum Gasteiger partial charge on any atom is 0.268 e. The standard InChI is InChI=1S/C8H12N4O2/c1-4(7(10)13)12-8(14)6-2-5(9)3-11-6/h2-4,11H,9H2,1H3,(H2,10,13)(H,12,14)/t4-/m1/s1. The minimum Gasteiger partial charge on any atom is -0.397 e. The Kier molecular flexibility index (Phi) is 2.76. The molecule has 1 aromatic rings. The van der Waals surface area contributed by atoms with E-state index in [4.69, 9.17) is 11.5 Å². The lowest BCUT2D eigenvalue weighted by molar-refractivity contribution is -0.119. The molecule has 0 saturated carbocycles. The van der Waals surface area contributed by atoms with Crippen LogP contribution in [0.1, 0.15) is 17.4 Å². The maximum atomic E-state index is 11.4. The number of amides is 2. The summed E-state index contributed by atoms with van der Waals surface area (Å²) in [5.74, 6) is -0.995. The third kappa shape index (κ3) is 2.25. The predicted molar refractivity (Wildman–Crippen MR) is 51.3 cm³/mol. The van der Waals surface area contributed by atoms with Crippen LogP contribution >= 0.6 is 0 Å². The lowest BCUT2D eigenvalue weighted by Crippen LogP contribution is -2.42. The summed E-state index contributed by atoms with van der Waals surface area (Å²) in [6.45, 7) is 1.51. The van der Waals surface area contributed by atoms with Gasteiger partial charge in [-0.25, -0.2) is 0 Å². The average molecular weight is 196 g/mol. The molecule has 0 spiro atoms. The van der Waals surface area contributed by atoms with Crippen molar-refractivity contribution in [2.75, 3.05) is 5.73 Å². The van der Waals surface area contributed by atoms with E-state index < -0.39 is 17.9 Å². The molecule has 14 heavy (non-hydrogen) atoms. The highest BCUT2D eigenvalue weighted by molar-refractivity contribution is 5.96. The Balaban J connectivity index is 2.63. The number of carbonyl (C=O) groups excluding carboxylic acids is 2. The summed E-state index contributed by atoms with van der Waals surface area (Å²) in [6, 6.07) is 0.773. The van der Waals surface area contributed by atoms with Crippen molar-refractivity contribution in [3.8, 4) is 0 Å². The van der Waals surface area contributed by atoms with Gasteiger partial charge in [0.25, 0.3) is 5.91 Å². The Morgan fingerprint density at radius 1 is 1.57 bits per heavy atom. The summed E-state index contributed by atoms with van der Waals surface area (Å²) in [5.41, 5.74) is 11.1. The lowest BCUT2D eigenvalue weighted by Gasteiger charge is -2.08. The Hall–Kier alpha value is -1.98. The van der Waals surface area contributed by atoms with Crippen LogP contribution in [-0.2, 0) is 4.79 Å². The van der Waals surface area contributed by atoms with E-state index >= 15 is 0 Å². The third-order valence-corrected chi connectivity index (χ3v) is 1.72. The van der Waals surface area contributed by atoms with Gasteiger partial charge in [-0.2, -0.15) is 0 Å². The second-order valence-corrected chi connectivity index (χ2v) is 2.94. The Bertz CT molecular complexity index is 358. The molecule has 0 aliphatic heterocycles. The van der Waals surface area contributed by atoms with E-state index in [-0.39, 0.29) is 0 Å². The van der Waals surface area contributed by atoms with Crippen LogP contribution in [0.5, 0.6) is 0 Å². The summed E-state index contributed by atoms with van der Waals surface area (Å²) < 4.78 is 0. The number of hydrogen-bond acceptors (Lipinski definition) is 3. The molecule has 0 saturated heterocycles. The first-order chi connectivity index (χ1) is 6.50. The average Bonchev–Trinajstić information content (AvgIpc) is 2.51. The fraction of sp³-hybridized carbons (Fsp3) is 0.250. The van der Waals surface area contributed by atoms with Crippen molar-refractivity contribution >= 4 is 17.5 Å². The molecule has 6 N–H and O–H groups in total. The highest BCUT2D eigenvalue weighted by Gasteiger charge is 2.14. The molecule has 1 aromatic heterocycles. The maximum absolute atomic E-state index is 11.4. The number of aromatic amines is 1. The number of H-pyrrole nitrogens is 1. The van der Waals surface area contributed by atoms with Crippen LogP contribution < -0.4 is 16.8 Å². The Morgan fingerprint density at radius 3 is 2.64 bits per heavy atom. The number of carbonyl (C=O) groups is 2. The van der Waals surface area contributed by atoms with Crippen LogP contribution in [0.15, 0.2) is 12.3 Å². The molecule has 0 aromatic carbocycles. The lowest BCUT2D eigenvalue weighted by atomic mass is 10.3. The highest BCUT2D eigenvalue weighted by atomic mass is 16.2. The normalized spacial score (nSPS) is 12.1. The summed E-state index contributed by atoms with van der Waals surface area (Å²) >= 11 is 0. The highest BCUT2D eigenvalue weighted by Crippen LogP contribution is 2.04. The van der Waals surface area contributed by atoms with Gasteiger partial charge < -0.3 is 21.8 Å². The van der Waals surface area contributed by atoms with E-state index in [1.54, 1.807) is 0 Å². The smallest absolute Gasteiger partial charge is 0.268 e. The monoisotopic (exact) mass is 196 g/mol. The molecule has 0 radical (unpaired) electrons. The van der Waals surface area contributed by atoms with Crippen molar-refractivity contribution in [3.05, 3.63) is 18.0 Å². The van der Waals surface area contributed by atoms with Gasteiger partial charge in [0.1, 0.15) is 11.7 Å². The summed E-state index contributed by atoms with van der Waals surface area (Å²) in [4.78, 5) is 24.7. The van der Waals surface area contributed by atoms with Crippen molar-refractivity contribution < 1.29 is 9.59 Å². The van der Waals surface area contributed by atoms with Gasteiger partial charge in [0.05, 0.1) is 0 Å². The fourth-order valence-corrected chi connectivity index (χ4v) is 0.888. The van der Waals surface area contributed by atoms with E-state index in [0.29, 0.717) is 11.4 Å². The minimum atomic E-state index is -0.702. The molecule has 1 rings (SSSR count). The van der Waals surface area contributed by atoms with Gasteiger partial charge in [-0.15, -0.1) is 0 Å². The molecule has 0 bridgehead atoms. The van der Waals surface area contributed by atoms with Gasteiger partial charge in [-0.3, -0.25) is 9.59 Å². The van der Waals surface area contributed by atoms with Crippen LogP contribution in [0.2, 0.25) is 0 Å². The number of nitrogens with two attached hydrogens (primary N) is 2. The zero-order valence-electron chi connectivity index (χ0n) is 7.70. The number of nitrogen functional groups attached to an aromatic ring is 1. The van der Waals surface area contributed by atoms with Crippen LogP contribution in [0.4, 0.5) is 5.69 Å². The van der Waals surface area contributed by atoms with Crippen LogP contribution in [0.3, 0.4) is 0 Å². The molecule has 0 aliphatic rings. The first-order valence-corrected chi connectivity index (χ1v) is 4.04. The van der Waals surface area contributed by atoms with E-state index in [1.807, 2.05) is 0 Å². The largest absolute Gasteiger partial charge is 0.397 e. The second kappa shape index (κ2) is 3.82. The summed E-state index contributed by atoms with van der Waals surface area (Å²) in [5, 5.41) is 2.41. The third-order valence-electron chi connectivity index (χ3n) is 1.72. The summed E-state index contributed by atoms with van der Waals surface area (Å²) in [6.07, 6.45) is 1.49. The van der Waals surface area contributed by atoms with E-state index in [0.717, 1.165) is 0 Å². The molecule has 0 aliphatic carbocycles. The molecular weight excluding hydrogens is 184 g/mol. The van der Waals surface area contributed by atoms with Gasteiger partial charge >= 0.3 is 0 Å². The van der Waals surface area contributed by atoms with Crippen molar-refractivity contribution in [2.24, 2.45) is 5.73 Å². The number of nitrogens with one attached hydrogen (secondary N) is 2. The number of aromatic nitrogens is 1. The van der Waals surface area contributed by atoms with Gasteiger partial charge in [0.15, 0.2) is 0 Å². The molecule has 1 atom stereocenters. The number of anilines is 1. The van der Waals surface area contributed by atoms with Crippen LogP contribution in [0, 0.1) is 0 Å². The Morgan fingerprint density at radius 2 is 2.21 bits per heavy atom. The first-order valence-electron chi connectivity index (χ1n) is 4.04. The van der Waals surface area contributed by atoms with Gasteiger partial charge in [-0.05, 0) is 13.0 Å². The van der Waals surface area contributed by atoms with E-state index in [9.17, 15) is 9.59 Å². The quantitative estimate of drug-likeness (QED) is 0.507. The zero-order valence-corrected chi connectivity index (χ0v) is 7.70. The fourth-order valence-electron chi connectivity index (χ4n) is 0.888. The molecule has 6 heteroatoms. The van der Waals surface area contributed by atoms with Crippen LogP contribution in [-0.4, -0.2) is 22.8 Å². The Labute approximate surface area is 80.7 Å². The van der Waals surface area contributed by atoms with Gasteiger partial charge in [0.2, 0.25) is 5.91 Å². The number of hydrogen-bond donors (Lipinski definition) is 4. The zero-order chi connectivity index (χ0) is 10.7. The molecule has 6 nitrogen and oxygen atoms in total. The van der Waals surface area contributed by atoms with E-state index in [2.05, 4.69) is 10.3 Å². The molecule has 2 amide bonds. The molecule has 1 heterocycles. The van der Waals surface area contributed by atoms with E-state index in [1.165, 1.54) is 19.2 Å². The first kappa shape index (κ1) is 10.1. The van der Waals surface area contributed by atoms with Crippen LogP contribution in [0.25, 0.3) is 0 Å². The van der Waals surface area contributed by atoms with Gasteiger partial charge in [0, 0.05) is 11.9 Å². The molecule has 0 unspecified atom stereocenters. The summed E-state index contributed by atoms with van der Waals surface area (Å²) in [7, 11) is 0. The molecule has 76 valence electrons. The van der Waals surface area contributed by atoms with Gasteiger partial charge in [-0.1, -0.05) is 0 Å². The van der Waals surface area contributed by atoms with Crippen molar-refractivity contribution in [1.29, 1.82) is 0 Å². The number of primary amides is 1. The topological polar surface area (TPSA) is 114 Å².